The average Bonchev–Trinajstić information content (AvgIpc) is 2.16. The molecule has 0 aliphatic rings. The highest BCUT2D eigenvalue weighted by molar-refractivity contribution is 6.31. The lowest BCUT2D eigenvalue weighted by atomic mass is 10.2. The lowest BCUT2D eigenvalue weighted by Gasteiger charge is -2.00. The number of aromatic nitrogens is 2. The second-order valence-electron chi connectivity index (χ2n) is 2.88. The molecule has 0 saturated carbocycles. The van der Waals surface area contributed by atoms with Gasteiger partial charge in [-0.25, -0.2) is 4.98 Å². The molecule has 0 aliphatic heterocycles. The Balaban J connectivity index is 2.84. The quantitative estimate of drug-likeness (QED) is 0.737. The third kappa shape index (κ3) is 1.49. The fraction of sp³-hybridized carbons (Fsp3) is 0.111. The predicted octanol–water partition coefficient (Wildman–Crippen LogP) is 1.04. The van der Waals surface area contributed by atoms with Crippen molar-refractivity contribution in [3.05, 3.63) is 39.4 Å². The Labute approximate surface area is 84.7 Å². The summed E-state index contributed by atoms with van der Waals surface area (Å²) in [7, 11) is 0. The van der Waals surface area contributed by atoms with Crippen LogP contribution in [-0.2, 0) is 6.54 Å². The van der Waals surface area contributed by atoms with E-state index in [-0.39, 0.29) is 12.1 Å². The highest BCUT2D eigenvalue weighted by atomic mass is 35.5. The lowest BCUT2D eigenvalue weighted by molar-refractivity contribution is 0.913. The number of H-pyrrole nitrogens is 1. The van der Waals surface area contributed by atoms with Crippen LogP contribution >= 0.6 is 11.6 Å². The van der Waals surface area contributed by atoms with Gasteiger partial charge in [-0.2, -0.15) is 0 Å². The van der Waals surface area contributed by atoms with Crippen LogP contribution in [0.1, 0.15) is 5.82 Å². The van der Waals surface area contributed by atoms with E-state index in [1.807, 2.05) is 0 Å². The third-order valence-electron chi connectivity index (χ3n) is 1.91. The summed E-state index contributed by atoms with van der Waals surface area (Å²) in [6, 6.07) is 4.94. The van der Waals surface area contributed by atoms with Gasteiger partial charge in [-0.3, -0.25) is 4.79 Å². The van der Waals surface area contributed by atoms with Gasteiger partial charge in [-0.05, 0) is 18.2 Å². The van der Waals surface area contributed by atoms with Gasteiger partial charge in [-0.1, -0.05) is 11.6 Å². The molecular formula is C9H8ClN3O. The molecule has 0 radical (unpaired) electrons. The molecule has 0 aliphatic carbocycles. The van der Waals surface area contributed by atoms with Crippen molar-refractivity contribution in [3.63, 3.8) is 0 Å². The largest absolute Gasteiger partial charge is 0.324 e. The van der Waals surface area contributed by atoms with E-state index in [9.17, 15) is 4.79 Å². The van der Waals surface area contributed by atoms with E-state index in [2.05, 4.69) is 9.97 Å². The molecule has 0 saturated heterocycles. The van der Waals surface area contributed by atoms with Crippen LogP contribution in [0.15, 0.2) is 23.0 Å². The van der Waals surface area contributed by atoms with Crippen LogP contribution in [-0.4, -0.2) is 9.97 Å². The number of nitrogens with one attached hydrogen (secondary N) is 1. The summed E-state index contributed by atoms with van der Waals surface area (Å²) in [6.07, 6.45) is 0. The Bertz CT molecular complexity index is 535. The van der Waals surface area contributed by atoms with Crippen molar-refractivity contribution in [3.8, 4) is 0 Å². The first-order valence-electron chi connectivity index (χ1n) is 4.09. The second-order valence-corrected chi connectivity index (χ2v) is 3.31. The van der Waals surface area contributed by atoms with E-state index in [1.54, 1.807) is 18.2 Å². The number of fused-ring (bicyclic) bond motifs is 1. The molecular weight excluding hydrogens is 202 g/mol. The van der Waals surface area contributed by atoms with Crippen LogP contribution in [0.4, 0.5) is 0 Å². The first kappa shape index (κ1) is 9.18. The van der Waals surface area contributed by atoms with Gasteiger partial charge in [-0.15, -0.1) is 0 Å². The molecule has 0 fully saturated rings. The number of hydrogen-bond donors (Lipinski definition) is 2. The summed E-state index contributed by atoms with van der Waals surface area (Å²) in [4.78, 5) is 18.2. The molecule has 2 aromatic rings. The zero-order valence-corrected chi connectivity index (χ0v) is 8.01. The highest BCUT2D eigenvalue weighted by Crippen LogP contribution is 2.14. The number of benzene rings is 1. The van der Waals surface area contributed by atoms with Crippen molar-refractivity contribution in [2.75, 3.05) is 0 Å². The molecule has 0 unspecified atom stereocenters. The van der Waals surface area contributed by atoms with Gasteiger partial charge in [0.25, 0.3) is 5.56 Å². The number of nitrogens with zero attached hydrogens (tertiary/aromatic N) is 1. The summed E-state index contributed by atoms with van der Waals surface area (Å²) in [5.74, 6) is 0.463. The molecule has 0 atom stereocenters. The third-order valence-corrected chi connectivity index (χ3v) is 2.15. The van der Waals surface area contributed by atoms with Crippen molar-refractivity contribution in [1.82, 2.24) is 9.97 Å². The Morgan fingerprint density at radius 2 is 2.29 bits per heavy atom. The zero-order valence-electron chi connectivity index (χ0n) is 7.25. The molecule has 2 rings (SSSR count). The number of hydrogen-bond acceptors (Lipinski definition) is 3. The van der Waals surface area contributed by atoms with Crippen LogP contribution in [0.2, 0.25) is 5.02 Å². The van der Waals surface area contributed by atoms with Gasteiger partial charge in [0.15, 0.2) is 0 Å². The Hall–Kier alpha value is -1.39. The highest BCUT2D eigenvalue weighted by Gasteiger charge is 2.02. The van der Waals surface area contributed by atoms with Crippen LogP contribution in [0.25, 0.3) is 10.9 Å². The van der Waals surface area contributed by atoms with Crippen LogP contribution in [0, 0.1) is 0 Å². The van der Waals surface area contributed by atoms with Crippen molar-refractivity contribution in [2.45, 2.75) is 6.54 Å². The van der Waals surface area contributed by atoms with Crippen LogP contribution < -0.4 is 11.3 Å². The summed E-state index contributed by atoms with van der Waals surface area (Å²) >= 11 is 5.78. The fourth-order valence-corrected chi connectivity index (χ4v) is 1.42. The average molecular weight is 210 g/mol. The van der Waals surface area contributed by atoms with Gasteiger partial charge in [0, 0.05) is 5.02 Å². The Morgan fingerprint density at radius 1 is 1.50 bits per heavy atom. The summed E-state index contributed by atoms with van der Waals surface area (Å²) in [5.41, 5.74) is 5.77. The SMILES string of the molecule is NCc1nc2cc(Cl)ccc2c(=O)[nH]1. The minimum atomic E-state index is -0.188. The first-order chi connectivity index (χ1) is 6.70. The van der Waals surface area contributed by atoms with Crippen molar-refractivity contribution >= 4 is 22.5 Å². The molecule has 0 spiro atoms. The zero-order chi connectivity index (χ0) is 10.1. The number of rotatable bonds is 1. The fourth-order valence-electron chi connectivity index (χ4n) is 1.26. The smallest absolute Gasteiger partial charge is 0.258 e. The predicted molar refractivity (Wildman–Crippen MR) is 55.3 cm³/mol. The molecule has 1 aromatic heterocycles. The van der Waals surface area contributed by atoms with Gasteiger partial charge >= 0.3 is 0 Å². The minimum absolute atomic E-state index is 0.188. The van der Waals surface area contributed by atoms with Crippen molar-refractivity contribution in [2.24, 2.45) is 5.73 Å². The number of aromatic amines is 1. The number of halogens is 1. The Kier molecular flexibility index (Phi) is 2.23. The van der Waals surface area contributed by atoms with Crippen LogP contribution in [0.3, 0.4) is 0 Å². The van der Waals surface area contributed by atoms with Crippen molar-refractivity contribution in [1.29, 1.82) is 0 Å². The summed E-state index contributed by atoms with van der Waals surface area (Å²) in [5, 5.41) is 1.07. The van der Waals surface area contributed by atoms with E-state index in [0.717, 1.165) is 0 Å². The monoisotopic (exact) mass is 209 g/mol. The molecule has 14 heavy (non-hydrogen) atoms. The molecule has 3 N–H and O–H groups in total. The minimum Gasteiger partial charge on any atom is -0.324 e. The van der Waals surface area contributed by atoms with Gasteiger partial charge in [0.05, 0.1) is 17.4 Å². The molecule has 1 heterocycles. The van der Waals surface area contributed by atoms with E-state index in [4.69, 9.17) is 17.3 Å². The molecule has 0 bridgehead atoms. The lowest BCUT2D eigenvalue weighted by Crippen LogP contribution is -2.14. The van der Waals surface area contributed by atoms with E-state index in [1.165, 1.54) is 0 Å². The standard InChI is InChI=1S/C9H8ClN3O/c10-5-1-2-6-7(3-5)12-8(4-11)13-9(6)14/h1-3H,4,11H2,(H,12,13,14). The molecule has 1 aromatic carbocycles. The maximum Gasteiger partial charge on any atom is 0.258 e. The maximum atomic E-state index is 11.5. The van der Waals surface area contributed by atoms with E-state index < -0.39 is 0 Å². The molecule has 5 heteroatoms. The summed E-state index contributed by atoms with van der Waals surface area (Å²) in [6.45, 7) is 0.206. The normalized spacial score (nSPS) is 10.7. The van der Waals surface area contributed by atoms with Crippen molar-refractivity contribution < 1.29 is 0 Å². The second kappa shape index (κ2) is 3.40. The van der Waals surface area contributed by atoms with Gasteiger partial charge < -0.3 is 10.7 Å². The number of nitrogens with two attached hydrogens (primary N) is 1. The van der Waals surface area contributed by atoms with Gasteiger partial charge in [0.2, 0.25) is 0 Å². The Morgan fingerprint density at radius 3 is 3.00 bits per heavy atom. The topological polar surface area (TPSA) is 71.8 Å². The van der Waals surface area contributed by atoms with Gasteiger partial charge in [0.1, 0.15) is 5.82 Å². The molecule has 4 nitrogen and oxygen atoms in total. The summed E-state index contributed by atoms with van der Waals surface area (Å²) < 4.78 is 0. The van der Waals surface area contributed by atoms with Crippen LogP contribution in [0.5, 0.6) is 0 Å². The molecule has 72 valence electrons. The van der Waals surface area contributed by atoms with E-state index in [0.29, 0.717) is 21.7 Å². The maximum absolute atomic E-state index is 11.5. The van der Waals surface area contributed by atoms with E-state index >= 15 is 0 Å². The molecule has 0 amide bonds. The first-order valence-corrected chi connectivity index (χ1v) is 4.47.